The highest BCUT2D eigenvalue weighted by molar-refractivity contribution is 9.28. The van der Waals surface area contributed by atoms with Crippen LogP contribution in [0, 0.1) is 34.7 Å². The predicted octanol–water partition coefficient (Wildman–Crippen LogP) is 6.72. The van der Waals surface area contributed by atoms with Crippen molar-refractivity contribution < 1.29 is 22.7 Å². The van der Waals surface area contributed by atoms with Gasteiger partial charge in [0, 0.05) is 17.2 Å². The van der Waals surface area contributed by atoms with Gasteiger partial charge in [-0.05, 0) is 60.9 Å². The molecular formula is C21H17Br2F3O2. The van der Waals surface area contributed by atoms with E-state index in [9.17, 15) is 18.0 Å². The zero-order valence-corrected chi connectivity index (χ0v) is 18.3. The number of esters is 1. The molecule has 0 heterocycles. The van der Waals surface area contributed by atoms with E-state index < -0.39 is 23.4 Å². The van der Waals surface area contributed by atoms with Gasteiger partial charge < -0.3 is 4.74 Å². The SMILES string of the molecule is CC1(C)C(C=C(Br)Br)C1C(=O)OCc1cccc(-c2cc(F)cc(F)c2)c1F. The van der Waals surface area contributed by atoms with Crippen LogP contribution in [0.4, 0.5) is 13.2 Å². The summed E-state index contributed by atoms with van der Waals surface area (Å²) < 4.78 is 47.8. The lowest BCUT2D eigenvalue weighted by Crippen LogP contribution is -2.11. The van der Waals surface area contributed by atoms with Crippen LogP contribution in [-0.2, 0) is 16.1 Å². The average molecular weight is 518 g/mol. The van der Waals surface area contributed by atoms with E-state index in [1.165, 1.54) is 12.1 Å². The van der Waals surface area contributed by atoms with Crippen molar-refractivity contribution in [2.24, 2.45) is 17.3 Å². The number of hydrogen-bond donors (Lipinski definition) is 0. The standard InChI is InChI=1S/C21H17Br2F3O2/c1-21(2)16(9-17(22)23)18(21)20(27)28-10-11-4-3-5-15(19(11)26)12-6-13(24)8-14(25)7-12/h3-9,16,18H,10H2,1-2H3. The third kappa shape index (κ3) is 4.35. The molecule has 0 bridgehead atoms. The van der Waals surface area contributed by atoms with Gasteiger partial charge in [-0.2, -0.15) is 0 Å². The molecule has 0 saturated heterocycles. The molecule has 1 fully saturated rings. The van der Waals surface area contributed by atoms with Crippen molar-refractivity contribution in [3.63, 3.8) is 0 Å². The predicted molar refractivity (Wildman–Crippen MR) is 108 cm³/mol. The van der Waals surface area contributed by atoms with Crippen LogP contribution in [0.25, 0.3) is 11.1 Å². The maximum absolute atomic E-state index is 14.8. The topological polar surface area (TPSA) is 26.3 Å². The Morgan fingerprint density at radius 1 is 1.14 bits per heavy atom. The zero-order chi connectivity index (χ0) is 20.6. The van der Waals surface area contributed by atoms with E-state index in [1.807, 2.05) is 19.9 Å². The molecule has 7 heteroatoms. The number of carbonyl (C=O) groups excluding carboxylic acids is 1. The lowest BCUT2D eigenvalue weighted by atomic mass is 10.0. The molecule has 2 nitrogen and oxygen atoms in total. The molecule has 148 valence electrons. The van der Waals surface area contributed by atoms with Gasteiger partial charge in [0.15, 0.2) is 0 Å². The summed E-state index contributed by atoms with van der Waals surface area (Å²) >= 11 is 6.58. The molecule has 0 spiro atoms. The van der Waals surface area contributed by atoms with Crippen LogP contribution in [0.3, 0.4) is 0 Å². The largest absolute Gasteiger partial charge is 0.460 e. The van der Waals surface area contributed by atoms with Gasteiger partial charge in [0.25, 0.3) is 0 Å². The lowest BCUT2D eigenvalue weighted by molar-refractivity contribution is -0.147. The van der Waals surface area contributed by atoms with Crippen molar-refractivity contribution in [2.75, 3.05) is 0 Å². The summed E-state index contributed by atoms with van der Waals surface area (Å²) in [7, 11) is 0. The summed E-state index contributed by atoms with van der Waals surface area (Å²) in [6.07, 6.45) is 1.89. The number of allylic oxidation sites excluding steroid dienone is 1. The number of rotatable bonds is 5. The minimum atomic E-state index is -0.792. The first-order valence-electron chi connectivity index (χ1n) is 8.54. The third-order valence-electron chi connectivity index (χ3n) is 5.09. The second-order valence-corrected chi connectivity index (χ2v) is 10.1. The Labute approximate surface area is 178 Å². The maximum atomic E-state index is 14.8. The fourth-order valence-corrected chi connectivity index (χ4v) is 4.01. The molecule has 1 aliphatic carbocycles. The fraction of sp³-hybridized carbons (Fsp3) is 0.286. The summed E-state index contributed by atoms with van der Waals surface area (Å²) in [6, 6.07) is 7.29. The van der Waals surface area contributed by atoms with E-state index in [1.54, 1.807) is 6.07 Å². The van der Waals surface area contributed by atoms with Crippen LogP contribution < -0.4 is 0 Å². The molecule has 1 saturated carbocycles. The van der Waals surface area contributed by atoms with E-state index in [0.29, 0.717) is 0 Å². The third-order valence-corrected chi connectivity index (χ3v) is 5.62. The van der Waals surface area contributed by atoms with E-state index in [4.69, 9.17) is 4.74 Å². The zero-order valence-electron chi connectivity index (χ0n) is 15.1. The molecule has 0 amide bonds. The van der Waals surface area contributed by atoms with Crippen molar-refractivity contribution in [3.05, 3.63) is 68.9 Å². The minimum absolute atomic E-state index is 0.0141. The van der Waals surface area contributed by atoms with Gasteiger partial charge in [-0.1, -0.05) is 38.1 Å². The van der Waals surface area contributed by atoms with Crippen molar-refractivity contribution in [1.82, 2.24) is 0 Å². The Hall–Kier alpha value is -1.60. The molecule has 3 rings (SSSR count). The Bertz CT molecular complexity index is 932. The number of ether oxygens (including phenoxy) is 1. The van der Waals surface area contributed by atoms with E-state index in [2.05, 4.69) is 31.9 Å². The van der Waals surface area contributed by atoms with Crippen molar-refractivity contribution >= 4 is 37.8 Å². The van der Waals surface area contributed by atoms with Crippen LogP contribution >= 0.6 is 31.9 Å². The normalized spacial score (nSPS) is 19.8. The Kier molecular flexibility index (Phi) is 6.05. The van der Waals surface area contributed by atoms with Crippen LogP contribution in [-0.4, -0.2) is 5.97 Å². The average Bonchev–Trinajstić information content (AvgIpc) is 3.12. The number of halogens is 5. The van der Waals surface area contributed by atoms with Gasteiger partial charge in [0.2, 0.25) is 0 Å². The minimum Gasteiger partial charge on any atom is -0.460 e. The Balaban J connectivity index is 1.76. The van der Waals surface area contributed by atoms with Crippen LogP contribution in [0.2, 0.25) is 0 Å². The van der Waals surface area contributed by atoms with E-state index in [0.717, 1.165) is 21.6 Å². The van der Waals surface area contributed by atoms with Gasteiger partial charge in [-0.15, -0.1) is 0 Å². The van der Waals surface area contributed by atoms with E-state index >= 15 is 0 Å². The summed E-state index contributed by atoms with van der Waals surface area (Å²) in [5.74, 6) is -2.97. The van der Waals surface area contributed by atoms with Crippen LogP contribution in [0.15, 0.2) is 45.9 Å². The second-order valence-electron chi connectivity index (χ2n) is 7.33. The highest BCUT2D eigenvalue weighted by Crippen LogP contribution is 2.60. The molecule has 2 unspecified atom stereocenters. The fourth-order valence-electron chi connectivity index (χ4n) is 3.44. The first-order valence-corrected chi connectivity index (χ1v) is 10.1. The van der Waals surface area contributed by atoms with Crippen molar-refractivity contribution in [2.45, 2.75) is 20.5 Å². The molecule has 0 radical (unpaired) electrons. The Morgan fingerprint density at radius 3 is 2.39 bits per heavy atom. The number of benzene rings is 2. The van der Waals surface area contributed by atoms with Gasteiger partial charge in [0.05, 0.1) is 9.31 Å². The summed E-state index contributed by atoms with van der Waals surface area (Å²) in [5, 5.41) is 0. The molecule has 2 aromatic carbocycles. The van der Waals surface area contributed by atoms with Gasteiger partial charge >= 0.3 is 5.97 Å². The summed E-state index contributed by atoms with van der Waals surface area (Å²) in [4.78, 5) is 12.4. The number of hydrogen-bond acceptors (Lipinski definition) is 2. The molecule has 0 aromatic heterocycles. The monoisotopic (exact) mass is 516 g/mol. The quantitative estimate of drug-likeness (QED) is 0.411. The van der Waals surface area contributed by atoms with Gasteiger partial charge in [0.1, 0.15) is 24.1 Å². The van der Waals surface area contributed by atoms with Crippen LogP contribution in [0.5, 0.6) is 0 Å². The molecule has 2 aromatic rings. The first kappa shape index (κ1) is 21.1. The van der Waals surface area contributed by atoms with Gasteiger partial charge in [-0.25, -0.2) is 13.2 Å². The van der Waals surface area contributed by atoms with Gasteiger partial charge in [-0.3, -0.25) is 4.79 Å². The molecule has 0 N–H and O–H groups in total. The molecule has 0 aliphatic heterocycles. The Morgan fingerprint density at radius 2 is 1.79 bits per heavy atom. The smallest absolute Gasteiger partial charge is 0.310 e. The maximum Gasteiger partial charge on any atom is 0.310 e. The van der Waals surface area contributed by atoms with Crippen molar-refractivity contribution in [1.29, 1.82) is 0 Å². The lowest BCUT2D eigenvalue weighted by Gasteiger charge is -2.10. The first-order chi connectivity index (χ1) is 13.1. The van der Waals surface area contributed by atoms with E-state index in [-0.39, 0.29) is 40.5 Å². The second kappa shape index (κ2) is 8.03. The summed E-state index contributed by atoms with van der Waals surface area (Å²) in [5.41, 5.74) is 0.0212. The highest BCUT2D eigenvalue weighted by Gasteiger charge is 2.61. The molecule has 2 atom stereocenters. The molecule has 28 heavy (non-hydrogen) atoms. The highest BCUT2D eigenvalue weighted by atomic mass is 79.9. The summed E-state index contributed by atoms with van der Waals surface area (Å²) in [6.45, 7) is 3.67. The molecular weight excluding hydrogens is 501 g/mol. The van der Waals surface area contributed by atoms with Crippen molar-refractivity contribution in [3.8, 4) is 11.1 Å². The van der Waals surface area contributed by atoms with Crippen LogP contribution in [0.1, 0.15) is 19.4 Å². The molecule has 1 aliphatic rings. The number of carbonyl (C=O) groups is 1.